The second-order valence-corrected chi connectivity index (χ2v) is 4.48. The second-order valence-electron chi connectivity index (χ2n) is 4.48. The van der Waals surface area contributed by atoms with Gasteiger partial charge in [0.15, 0.2) is 0 Å². The summed E-state index contributed by atoms with van der Waals surface area (Å²) < 4.78 is 143. The molecule has 2 nitrogen and oxygen atoms in total. The largest absolute Gasteiger partial charge is 0.460 e. The van der Waals surface area contributed by atoms with E-state index in [0.29, 0.717) is 6.07 Å². The van der Waals surface area contributed by atoms with Crippen molar-refractivity contribution in [2.24, 2.45) is 0 Å². The van der Waals surface area contributed by atoms with Crippen LogP contribution in [-0.2, 0) is 0 Å². The van der Waals surface area contributed by atoms with Crippen molar-refractivity contribution < 1.29 is 53.0 Å². The zero-order valence-corrected chi connectivity index (χ0v) is 11.5. The fourth-order valence-corrected chi connectivity index (χ4v) is 1.36. The third kappa shape index (κ3) is 3.58. The molecule has 0 saturated carbocycles. The van der Waals surface area contributed by atoms with Crippen LogP contribution in [0.5, 0.6) is 5.75 Å². The van der Waals surface area contributed by atoms with E-state index in [0.717, 1.165) is 18.2 Å². The van der Waals surface area contributed by atoms with Crippen LogP contribution in [-0.4, -0.2) is 23.9 Å². The Kier molecular flexibility index (Phi) is 5.22. The summed E-state index contributed by atoms with van der Waals surface area (Å²) in [6, 6.07) is 0.531. The van der Waals surface area contributed by atoms with Gasteiger partial charge in [0.25, 0.3) is 0 Å². The highest BCUT2D eigenvalue weighted by Crippen LogP contribution is 2.55. The van der Waals surface area contributed by atoms with Gasteiger partial charge in [-0.1, -0.05) is 6.07 Å². The second kappa shape index (κ2) is 6.26. The molecule has 0 atom stereocenters. The van der Waals surface area contributed by atoms with Crippen molar-refractivity contribution in [3.8, 4) is 5.75 Å². The molecule has 1 rings (SSSR count). The monoisotopic (exact) mass is 389 g/mol. The molecule has 1 aromatic rings. The van der Waals surface area contributed by atoms with E-state index >= 15 is 0 Å². The first-order chi connectivity index (χ1) is 11.1. The van der Waals surface area contributed by atoms with E-state index in [4.69, 9.17) is 5.73 Å². The summed E-state index contributed by atoms with van der Waals surface area (Å²) in [6.45, 7) is 0. The molecule has 0 aliphatic heterocycles. The number of alkyl halides is 9. The molecule has 1 aromatic carbocycles. The number of nitrogen functional groups attached to an aromatic ring is 1. The van der Waals surface area contributed by atoms with Crippen LogP contribution in [0.25, 0.3) is 0 Å². The normalized spacial score (nSPS) is 15.0. The fourth-order valence-electron chi connectivity index (χ4n) is 1.36. The Bertz CT molecular complexity index is 665. The number of rotatable bonds is 5. The van der Waals surface area contributed by atoms with Crippen molar-refractivity contribution in [3.63, 3.8) is 0 Å². The maximum absolute atomic E-state index is 13.2. The number of anilines is 1. The molecule has 25 heavy (non-hydrogen) atoms. The maximum atomic E-state index is 13.2. The molecule has 0 heterocycles. The molecule has 0 unspecified atom stereocenters. The van der Waals surface area contributed by atoms with Crippen LogP contribution in [0.2, 0.25) is 0 Å². The van der Waals surface area contributed by atoms with Crippen LogP contribution in [0, 0.1) is 0 Å². The Hall–Kier alpha value is -2.21. The van der Waals surface area contributed by atoms with Gasteiger partial charge in [0.2, 0.25) is 5.83 Å². The van der Waals surface area contributed by atoms with Gasteiger partial charge in [-0.3, -0.25) is 0 Å². The van der Waals surface area contributed by atoms with Crippen LogP contribution in [0.1, 0.15) is 0 Å². The number of halogens is 11. The highest BCUT2D eigenvalue weighted by atomic mass is 19.4. The molecule has 2 N–H and O–H groups in total. The third-order valence-electron chi connectivity index (χ3n) is 2.66. The summed E-state index contributed by atoms with van der Waals surface area (Å²) in [7, 11) is 0. The van der Waals surface area contributed by atoms with E-state index in [-0.39, 0.29) is 5.69 Å². The summed E-state index contributed by atoms with van der Waals surface area (Å²) in [4.78, 5) is 0. The predicted octanol–water partition coefficient (Wildman–Crippen LogP) is 5.22. The molecule has 0 spiro atoms. The van der Waals surface area contributed by atoms with Crippen molar-refractivity contribution >= 4 is 5.69 Å². The number of hydrogen-bond acceptors (Lipinski definition) is 2. The molecular weight excluding hydrogens is 383 g/mol. The predicted molar refractivity (Wildman–Crippen MR) is 61.6 cm³/mol. The lowest BCUT2D eigenvalue weighted by Crippen LogP contribution is -2.61. The van der Waals surface area contributed by atoms with E-state index in [1.165, 1.54) is 0 Å². The smallest absolute Gasteiger partial charge is 0.430 e. The highest BCUT2D eigenvalue weighted by Gasteiger charge is 2.83. The topological polar surface area (TPSA) is 35.2 Å². The van der Waals surface area contributed by atoms with E-state index in [9.17, 15) is 48.3 Å². The quantitative estimate of drug-likeness (QED) is 0.426. The van der Waals surface area contributed by atoms with E-state index in [1.54, 1.807) is 0 Å². The number of nitrogens with two attached hydrogens (primary N) is 1. The standard InChI is InChI=1S/C12H6F11NO/c13-7(8(14)25-6-3-1-2-5(24)4-6)9(15,16)10(17,18)11(19,20)12(21,22)23/h1-4H,24H2. The zero-order valence-electron chi connectivity index (χ0n) is 11.5. The highest BCUT2D eigenvalue weighted by molar-refractivity contribution is 5.44. The molecule has 142 valence electrons. The number of benzene rings is 1. The van der Waals surface area contributed by atoms with Crippen molar-refractivity contribution in [2.45, 2.75) is 23.9 Å². The Morgan fingerprint density at radius 3 is 1.80 bits per heavy atom. The average molecular weight is 389 g/mol. The van der Waals surface area contributed by atoms with Crippen molar-refractivity contribution in [1.82, 2.24) is 0 Å². The van der Waals surface area contributed by atoms with E-state index in [2.05, 4.69) is 4.74 Å². The average Bonchev–Trinajstić information content (AvgIpc) is 2.44. The lowest BCUT2D eigenvalue weighted by Gasteiger charge is -2.32. The minimum Gasteiger partial charge on any atom is -0.430 e. The van der Waals surface area contributed by atoms with Gasteiger partial charge in [0.1, 0.15) is 5.75 Å². The van der Waals surface area contributed by atoms with Gasteiger partial charge in [0, 0.05) is 11.8 Å². The molecule has 0 bridgehead atoms. The molecule has 0 amide bonds. The van der Waals surface area contributed by atoms with Crippen molar-refractivity contribution in [1.29, 1.82) is 0 Å². The number of hydrogen-bond donors (Lipinski definition) is 1. The van der Waals surface area contributed by atoms with Gasteiger partial charge in [-0.25, -0.2) is 0 Å². The molecule has 0 aromatic heterocycles. The van der Waals surface area contributed by atoms with E-state index in [1.807, 2.05) is 0 Å². The minimum absolute atomic E-state index is 0.175. The summed E-state index contributed by atoms with van der Waals surface area (Å²) in [6.07, 6.45) is -7.16. The lowest BCUT2D eigenvalue weighted by atomic mass is 10.0. The maximum Gasteiger partial charge on any atom is 0.460 e. The van der Waals surface area contributed by atoms with Crippen molar-refractivity contribution in [3.05, 3.63) is 36.1 Å². The lowest BCUT2D eigenvalue weighted by molar-refractivity contribution is -0.392. The first kappa shape index (κ1) is 20.8. The molecule has 0 aliphatic rings. The summed E-state index contributed by atoms with van der Waals surface area (Å²) in [5.74, 6) is -26.4. The Balaban J connectivity index is 3.30. The van der Waals surface area contributed by atoms with E-state index < -0.39 is 41.5 Å². The van der Waals surface area contributed by atoms with Crippen LogP contribution >= 0.6 is 0 Å². The number of ether oxygens (including phenoxy) is 1. The van der Waals surface area contributed by atoms with Gasteiger partial charge < -0.3 is 10.5 Å². The minimum atomic E-state index is -7.36. The summed E-state index contributed by atoms with van der Waals surface area (Å²) in [5.41, 5.74) is 4.99. The first-order valence-corrected chi connectivity index (χ1v) is 5.85. The van der Waals surface area contributed by atoms with Crippen LogP contribution in [0.15, 0.2) is 36.1 Å². The van der Waals surface area contributed by atoms with Gasteiger partial charge in [-0.2, -0.15) is 48.3 Å². The fraction of sp³-hybridized carbons (Fsp3) is 0.333. The third-order valence-corrected chi connectivity index (χ3v) is 2.66. The molecule has 0 saturated heterocycles. The Morgan fingerprint density at radius 1 is 0.840 bits per heavy atom. The molecule has 0 radical (unpaired) electrons. The van der Waals surface area contributed by atoms with Gasteiger partial charge in [-0.05, 0) is 12.1 Å². The SMILES string of the molecule is Nc1cccc(OC(F)=C(F)C(F)(F)C(F)(F)C(F)(F)C(F)(F)F)c1. The Morgan fingerprint density at radius 2 is 1.36 bits per heavy atom. The molecule has 0 aliphatic carbocycles. The summed E-state index contributed by atoms with van der Waals surface area (Å²) >= 11 is 0. The van der Waals surface area contributed by atoms with Crippen molar-refractivity contribution in [2.75, 3.05) is 5.73 Å². The first-order valence-electron chi connectivity index (χ1n) is 5.85. The Labute approximate surface area is 131 Å². The van der Waals surface area contributed by atoms with Gasteiger partial charge >= 0.3 is 30.0 Å². The van der Waals surface area contributed by atoms with Crippen LogP contribution < -0.4 is 10.5 Å². The van der Waals surface area contributed by atoms with Crippen LogP contribution in [0.4, 0.5) is 54.0 Å². The molecule has 13 heteroatoms. The van der Waals surface area contributed by atoms with Gasteiger partial charge in [-0.15, -0.1) is 0 Å². The van der Waals surface area contributed by atoms with Crippen LogP contribution in [0.3, 0.4) is 0 Å². The number of allylic oxidation sites excluding steroid dienone is 1. The molecular formula is C12H6F11NO. The zero-order chi connectivity index (χ0) is 19.8. The summed E-state index contributed by atoms with van der Waals surface area (Å²) in [5, 5.41) is 0. The van der Waals surface area contributed by atoms with Gasteiger partial charge in [0.05, 0.1) is 0 Å². The molecule has 0 fully saturated rings.